The number of carbonyl (C=O) groups excluding carboxylic acids is 2. The lowest BCUT2D eigenvalue weighted by Crippen LogP contribution is -2.31. The molecular formula is C23H30N2O3. The number of amides is 1. The number of pyridine rings is 1. The molecule has 0 aliphatic heterocycles. The van der Waals surface area contributed by atoms with Crippen molar-refractivity contribution in [3.05, 3.63) is 41.1 Å². The van der Waals surface area contributed by atoms with Gasteiger partial charge in [0, 0.05) is 17.6 Å². The lowest BCUT2D eigenvalue weighted by molar-refractivity contribution is -0.124. The molecule has 1 aromatic carbocycles. The Hall–Kier alpha value is -2.43. The molecule has 1 aliphatic rings. The third-order valence-corrected chi connectivity index (χ3v) is 5.59. The highest BCUT2D eigenvalue weighted by molar-refractivity contribution is 6.05. The van der Waals surface area contributed by atoms with Crippen molar-refractivity contribution < 1.29 is 14.3 Å². The second-order valence-electron chi connectivity index (χ2n) is 8.66. The third kappa shape index (κ3) is 4.34. The second kappa shape index (κ2) is 8.29. The van der Waals surface area contributed by atoms with Crippen molar-refractivity contribution in [3.8, 4) is 0 Å². The van der Waals surface area contributed by atoms with E-state index in [1.807, 2.05) is 31.2 Å². The smallest absolute Gasteiger partial charge is 0.339 e. The number of rotatable bonds is 5. The number of aromatic nitrogens is 1. The number of nitrogens with one attached hydrogen (secondary N) is 1. The zero-order chi connectivity index (χ0) is 20.3. The Morgan fingerprint density at radius 1 is 1.25 bits per heavy atom. The Morgan fingerprint density at radius 2 is 2.00 bits per heavy atom. The molecule has 0 spiro atoms. The molecule has 1 atom stereocenters. The summed E-state index contributed by atoms with van der Waals surface area (Å²) in [5.41, 5.74) is 3.52. The molecule has 2 aromatic rings. The maximum Gasteiger partial charge on any atom is 0.339 e. The summed E-state index contributed by atoms with van der Waals surface area (Å²) in [4.78, 5) is 29.7. The molecular weight excluding hydrogens is 352 g/mol. The number of esters is 1. The average Bonchev–Trinajstić information content (AvgIpc) is 2.67. The van der Waals surface area contributed by atoms with E-state index >= 15 is 0 Å². The van der Waals surface area contributed by atoms with Crippen molar-refractivity contribution in [1.82, 2.24) is 10.3 Å². The van der Waals surface area contributed by atoms with Crippen LogP contribution in [0.1, 0.15) is 62.2 Å². The van der Waals surface area contributed by atoms with Crippen LogP contribution in [0.2, 0.25) is 0 Å². The fraction of sp³-hybridized carbons (Fsp3) is 0.522. The van der Waals surface area contributed by atoms with Crippen molar-refractivity contribution in [1.29, 1.82) is 0 Å². The number of carbonyl (C=O) groups is 2. The van der Waals surface area contributed by atoms with E-state index in [-0.39, 0.29) is 17.9 Å². The van der Waals surface area contributed by atoms with E-state index in [0.29, 0.717) is 18.0 Å². The Morgan fingerprint density at radius 3 is 2.71 bits per heavy atom. The maximum atomic E-state index is 13.0. The average molecular weight is 383 g/mol. The van der Waals surface area contributed by atoms with Crippen LogP contribution in [-0.2, 0) is 22.4 Å². The molecule has 0 radical (unpaired) electrons. The van der Waals surface area contributed by atoms with Crippen molar-refractivity contribution in [2.24, 2.45) is 11.3 Å². The van der Waals surface area contributed by atoms with Gasteiger partial charge in [-0.25, -0.2) is 4.79 Å². The molecule has 1 heterocycles. The normalized spacial score (nSPS) is 16.5. The molecule has 5 nitrogen and oxygen atoms in total. The monoisotopic (exact) mass is 382 g/mol. The van der Waals surface area contributed by atoms with Crippen LogP contribution in [0.4, 0.5) is 0 Å². The van der Waals surface area contributed by atoms with Gasteiger partial charge in [0.15, 0.2) is 6.61 Å². The molecule has 0 saturated heterocycles. The summed E-state index contributed by atoms with van der Waals surface area (Å²) in [6.07, 6.45) is 3.58. The van der Waals surface area contributed by atoms with Crippen LogP contribution in [-0.4, -0.2) is 30.0 Å². The number of hydrogen-bond donors (Lipinski definition) is 1. The van der Waals surface area contributed by atoms with E-state index < -0.39 is 5.97 Å². The predicted octanol–water partition coefficient (Wildman–Crippen LogP) is 4.07. The lowest BCUT2D eigenvalue weighted by atomic mass is 9.70. The quantitative estimate of drug-likeness (QED) is 0.792. The van der Waals surface area contributed by atoms with Gasteiger partial charge in [-0.1, -0.05) is 45.9 Å². The van der Waals surface area contributed by atoms with Gasteiger partial charge >= 0.3 is 5.97 Å². The summed E-state index contributed by atoms with van der Waals surface area (Å²) in [6, 6.07) is 7.67. The molecule has 0 unspecified atom stereocenters. The van der Waals surface area contributed by atoms with Crippen molar-refractivity contribution in [2.75, 3.05) is 13.2 Å². The minimum absolute atomic E-state index is 0.157. The molecule has 0 saturated carbocycles. The topological polar surface area (TPSA) is 68.3 Å². The van der Waals surface area contributed by atoms with Gasteiger partial charge in [0.2, 0.25) is 0 Å². The van der Waals surface area contributed by atoms with Crippen LogP contribution in [0.5, 0.6) is 0 Å². The number of nitrogens with zero attached hydrogens (tertiary/aromatic N) is 1. The number of aryl methyl sites for hydroxylation is 1. The van der Waals surface area contributed by atoms with Crippen LogP contribution in [0.25, 0.3) is 10.9 Å². The van der Waals surface area contributed by atoms with E-state index in [1.54, 1.807) is 0 Å². The Bertz CT molecular complexity index is 883. The fourth-order valence-electron chi connectivity index (χ4n) is 3.88. The Balaban J connectivity index is 1.95. The Kier molecular flexibility index (Phi) is 6.01. The molecule has 1 aliphatic carbocycles. The SMILES string of the molecule is CCCNC(=O)COC(=O)c1c2c(nc3ccccc13)CC[C@@H](C(C)(C)C)C2. The molecule has 28 heavy (non-hydrogen) atoms. The van der Waals surface area contributed by atoms with Crippen molar-refractivity contribution in [3.63, 3.8) is 0 Å². The first-order valence-corrected chi connectivity index (χ1v) is 10.2. The summed E-state index contributed by atoms with van der Waals surface area (Å²) in [5, 5.41) is 3.54. The molecule has 3 rings (SSSR count). The molecule has 150 valence electrons. The second-order valence-corrected chi connectivity index (χ2v) is 8.66. The van der Waals surface area contributed by atoms with Gasteiger partial charge < -0.3 is 10.1 Å². The molecule has 0 bridgehead atoms. The number of fused-ring (bicyclic) bond motifs is 2. The van der Waals surface area contributed by atoms with Gasteiger partial charge in [-0.3, -0.25) is 9.78 Å². The summed E-state index contributed by atoms with van der Waals surface area (Å²) in [7, 11) is 0. The predicted molar refractivity (Wildman–Crippen MR) is 110 cm³/mol. The van der Waals surface area contributed by atoms with Gasteiger partial charge in [0.1, 0.15) is 0 Å². The highest BCUT2D eigenvalue weighted by Crippen LogP contribution is 2.39. The number of para-hydroxylation sites is 1. The van der Waals surface area contributed by atoms with Crippen LogP contribution in [0.3, 0.4) is 0 Å². The molecule has 1 N–H and O–H groups in total. The van der Waals surface area contributed by atoms with Crippen LogP contribution in [0, 0.1) is 11.3 Å². The highest BCUT2D eigenvalue weighted by Gasteiger charge is 2.33. The van der Waals surface area contributed by atoms with E-state index in [9.17, 15) is 9.59 Å². The number of hydrogen-bond acceptors (Lipinski definition) is 4. The summed E-state index contributed by atoms with van der Waals surface area (Å²) in [5.74, 6) is -0.228. The minimum Gasteiger partial charge on any atom is -0.452 e. The lowest BCUT2D eigenvalue weighted by Gasteiger charge is -2.35. The molecule has 5 heteroatoms. The zero-order valence-electron chi connectivity index (χ0n) is 17.3. The van der Waals surface area contributed by atoms with Crippen LogP contribution >= 0.6 is 0 Å². The summed E-state index contributed by atoms with van der Waals surface area (Å²) < 4.78 is 5.40. The highest BCUT2D eigenvalue weighted by atomic mass is 16.5. The fourth-order valence-corrected chi connectivity index (χ4v) is 3.88. The molecule has 0 fully saturated rings. The first kappa shape index (κ1) is 20.3. The van der Waals surface area contributed by atoms with Gasteiger partial charge in [-0.05, 0) is 48.6 Å². The van der Waals surface area contributed by atoms with Gasteiger partial charge in [0.05, 0.1) is 11.1 Å². The Labute approximate surface area is 166 Å². The molecule has 1 aromatic heterocycles. The summed E-state index contributed by atoms with van der Waals surface area (Å²) in [6.45, 7) is 9.03. The minimum atomic E-state index is -0.434. The standard InChI is InChI=1S/C23H30N2O3/c1-5-12-24-20(26)14-28-22(27)21-16-8-6-7-9-18(16)25-19-11-10-15(13-17(19)21)23(2,3)4/h6-9,15H,5,10-14H2,1-4H3,(H,24,26)/t15-/m1/s1. The van der Waals surface area contributed by atoms with E-state index in [2.05, 4.69) is 26.1 Å². The largest absolute Gasteiger partial charge is 0.452 e. The van der Waals surface area contributed by atoms with Crippen LogP contribution < -0.4 is 5.32 Å². The van der Waals surface area contributed by atoms with Crippen molar-refractivity contribution >= 4 is 22.8 Å². The maximum absolute atomic E-state index is 13.0. The third-order valence-electron chi connectivity index (χ3n) is 5.59. The van der Waals surface area contributed by atoms with Gasteiger partial charge in [-0.2, -0.15) is 0 Å². The molecule has 1 amide bonds. The summed E-state index contributed by atoms with van der Waals surface area (Å²) >= 11 is 0. The number of ether oxygens (including phenoxy) is 1. The van der Waals surface area contributed by atoms with E-state index in [1.165, 1.54) is 0 Å². The van der Waals surface area contributed by atoms with E-state index in [4.69, 9.17) is 9.72 Å². The zero-order valence-corrected chi connectivity index (χ0v) is 17.3. The first-order valence-electron chi connectivity index (χ1n) is 10.2. The van der Waals surface area contributed by atoms with E-state index in [0.717, 1.165) is 47.8 Å². The van der Waals surface area contributed by atoms with Gasteiger partial charge in [-0.15, -0.1) is 0 Å². The van der Waals surface area contributed by atoms with Crippen molar-refractivity contribution in [2.45, 2.75) is 53.4 Å². The number of benzene rings is 1. The van der Waals surface area contributed by atoms with Crippen LogP contribution in [0.15, 0.2) is 24.3 Å². The first-order chi connectivity index (χ1) is 13.3. The van der Waals surface area contributed by atoms with Gasteiger partial charge in [0.25, 0.3) is 5.91 Å².